The summed E-state index contributed by atoms with van der Waals surface area (Å²) < 4.78 is 0. The summed E-state index contributed by atoms with van der Waals surface area (Å²) in [6.45, 7) is 5.10. The lowest BCUT2D eigenvalue weighted by atomic mass is 10.5. The van der Waals surface area contributed by atoms with Gasteiger partial charge in [0.2, 0.25) is 0 Å². The van der Waals surface area contributed by atoms with Crippen LogP contribution in [0.5, 0.6) is 0 Å². The molecule has 0 rings (SSSR count). The van der Waals surface area contributed by atoms with Crippen molar-refractivity contribution in [2.75, 3.05) is 0 Å². The zero-order valence-electron chi connectivity index (χ0n) is 9.54. The Bertz CT molecular complexity index is 75.6. The zero-order chi connectivity index (χ0) is 12.9. The molecule has 0 aromatic rings. The molecular weight excluding hydrogens is 204 g/mol. The highest BCUT2D eigenvalue weighted by atomic mass is 16.5. The second-order valence-corrected chi connectivity index (χ2v) is 2.67. The van der Waals surface area contributed by atoms with Crippen LogP contribution in [0.4, 0.5) is 0 Å². The van der Waals surface area contributed by atoms with Crippen LogP contribution in [-0.2, 0) is 0 Å². The standard InChI is InChI=1S/3C3H8O2/c3*1-2-3(4)5/h3*3-5H,2H2,1H3. The molecule has 0 aliphatic rings. The van der Waals surface area contributed by atoms with Crippen molar-refractivity contribution in [3.8, 4) is 0 Å². The average Bonchev–Trinajstić information content (AvgIpc) is 2.19. The van der Waals surface area contributed by atoms with Gasteiger partial charge in [0, 0.05) is 0 Å². The first kappa shape index (κ1) is 20.2. The van der Waals surface area contributed by atoms with E-state index in [1.165, 1.54) is 0 Å². The first-order valence-corrected chi connectivity index (χ1v) is 4.90. The lowest BCUT2D eigenvalue weighted by molar-refractivity contribution is -0.0420. The first-order valence-electron chi connectivity index (χ1n) is 4.90. The van der Waals surface area contributed by atoms with Crippen LogP contribution in [0.2, 0.25) is 0 Å². The summed E-state index contributed by atoms with van der Waals surface area (Å²) in [5, 5.41) is 47.5. The van der Waals surface area contributed by atoms with Crippen molar-refractivity contribution in [3.63, 3.8) is 0 Å². The third kappa shape index (κ3) is 57.4. The lowest BCUT2D eigenvalue weighted by Gasteiger charge is -1.90. The van der Waals surface area contributed by atoms with E-state index in [2.05, 4.69) is 0 Å². The van der Waals surface area contributed by atoms with Gasteiger partial charge in [-0.25, -0.2) is 0 Å². The zero-order valence-corrected chi connectivity index (χ0v) is 9.54. The maximum absolute atomic E-state index is 7.92. The van der Waals surface area contributed by atoms with E-state index in [0.29, 0.717) is 19.3 Å². The molecule has 0 aliphatic carbocycles. The minimum atomic E-state index is -1.12. The molecule has 0 fully saturated rings. The third-order valence-corrected chi connectivity index (χ3v) is 1.10. The summed E-state index contributed by atoms with van der Waals surface area (Å²) in [6.07, 6.45) is -2.10. The van der Waals surface area contributed by atoms with E-state index in [1.807, 2.05) is 0 Å². The van der Waals surface area contributed by atoms with Crippen molar-refractivity contribution >= 4 is 0 Å². The first-order chi connectivity index (χ1) is 6.81. The monoisotopic (exact) mass is 228 g/mol. The molecule has 0 amide bonds. The number of hydrogen-bond donors (Lipinski definition) is 6. The quantitative estimate of drug-likeness (QED) is 0.349. The molecule has 0 aromatic heterocycles. The molecule has 0 radical (unpaired) electrons. The minimum absolute atomic E-state index is 0.417. The molecular formula is C9H24O6. The van der Waals surface area contributed by atoms with Crippen molar-refractivity contribution in [2.24, 2.45) is 0 Å². The molecule has 0 aromatic carbocycles. The molecule has 0 saturated carbocycles. The predicted molar refractivity (Wildman–Crippen MR) is 55.5 cm³/mol. The SMILES string of the molecule is CCC(O)O.CCC(O)O.CCC(O)O. The van der Waals surface area contributed by atoms with Gasteiger partial charge in [0.05, 0.1) is 0 Å². The summed E-state index contributed by atoms with van der Waals surface area (Å²) in [4.78, 5) is 0. The van der Waals surface area contributed by atoms with Crippen LogP contribution in [0.1, 0.15) is 40.0 Å². The van der Waals surface area contributed by atoms with Crippen molar-refractivity contribution in [3.05, 3.63) is 0 Å². The Morgan fingerprint density at radius 2 is 0.600 bits per heavy atom. The highest BCUT2D eigenvalue weighted by Gasteiger charge is 1.84. The van der Waals surface area contributed by atoms with Gasteiger partial charge in [0.1, 0.15) is 0 Å². The van der Waals surface area contributed by atoms with Gasteiger partial charge >= 0.3 is 0 Å². The van der Waals surface area contributed by atoms with Crippen molar-refractivity contribution in [1.82, 2.24) is 0 Å². The smallest absolute Gasteiger partial charge is 0.151 e. The van der Waals surface area contributed by atoms with Gasteiger partial charge < -0.3 is 30.6 Å². The molecule has 0 bridgehead atoms. The second-order valence-electron chi connectivity index (χ2n) is 2.67. The van der Waals surface area contributed by atoms with Gasteiger partial charge in [-0.3, -0.25) is 0 Å². The molecule has 6 N–H and O–H groups in total. The van der Waals surface area contributed by atoms with Gasteiger partial charge in [0.15, 0.2) is 18.9 Å². The molecule has 0 spiro atoms. The molecule has 0 unspecified atom stereocenters. The fraction of sp³-hybridized carbons (Fsp3) is 1.00. The Hall–Kier alpha value is -0.240. The van der Waals surface area contributed by atoms with Gasteiger partial charge in [-0.05, 0) is 19.3 Å². The number of aliphatic hydroxyl groups is 6. The average molecular weight is 228 g/mol. The number of hydrogen-bond acceptors (Lipinski definition) is 6. The second kappa shape index (κ2) is 16.2. The van der Waals surface area contributed by atoms with Crippen LogP contribution in [0, 0.1) is 0 Å². The largest absolute Gasteiger partial charge is 0.368 e. The normalized spacial score (nSPS) is 9.60. The van der Waals surface area contributed by atoms with Crippen molar-refractivity contribution in [1.29, 1.82) is 0 Å². The van der Waals surface area contributed by atoms with E-state index in [0.717, 1.165) is 0 Å². The fourth-order valence-electron chi connectivity index (χ4n) is 0. The molecule has 0 saturated heterocycles. The van der Waals surface area contributed by atoms with E-state index < -0.39 is 18.9 Å². The Kier molecular flexibility index (Phi) is 21.8. The Morgan fingerprint density at radius 1 is 0.533 bits per heavy atom. The Morgan fingerprint density at radius 3 is 0.600 bits per heavy atom. The van der Waals surface area contributed by atoms with Crippen molar-refractivity contribution < 1.29 is 30.6 Å². The van der Waals surface area contributed by atoms with Gasteiger partial charge in [-0.15, -0.1) is 0 Å². The van der Waals surface area contributed by atoms with Crippen LogP contribution in [-0.4, -0.2) is 49.5 Å². The number of aliphatic hydroxyl groups excluding tert-OH is 3. The van der Waals surface area contributed by atoms with Crippen molar-refractivity contribution in [2.45, 2.75) is 58.9 Å². The van der Waals surface area contributed by atoms with Crippen LogP contribution < -0.4 is 0 Å². The molecule has 0 atom stereocenters. The van der Waals surface area contributed by atoms with E-state index in [9.17, 15) is 0 Å². The van der Waals surface area contributed by atoms with Gasteiger partial charge in [-0.2, -0.15) is 0 Å². The summed E-state index contributed by atoms with van der Waals surface area (Å²) in [5.74, 6) is 0. The van der Waals surface area contributed by atoms with E-state index >= 15 is 0 Å². The number of rotatable bonds is 3. The molecule has 6 nitrogen and oxygen atoms in total. The molecule has 0 heterocycles. The Balaban J connectivity index is -0.000000144. The fourth-order valence-corrected chi connectivity index (χ4v) is 0. The van der Waals surface area contributed by atoms with E-state index in [4.69, 9.17) is 30.6 Å². The van der Waals surface area contributed by atoms with Crippen LogP contribution in [0.15, 0.2) is 0 Å². The van der Waals surface area contributed by atoms with Gasteiger partial charge in [-0.1, -0.05) is 20.8 Å². The third-order valence-electron chi connectivity index (χ3n) is 1.10. The molecule has 6 heteroatoms. The maximum Gasteiger partial charge on any atom is 0.151 e. The summed E-state index contributed by atoms with van der Waals surface area (Å²) in [7, 11) is 0. The Labute approximate surface area is 90.4 Å². The molecule has 0 aliphatic heterocycles. The van der Waals surface area contributed by atoms with E-state index in [1.54, 1.807) is 20.8 Å². The van der Waals surface area contributed by atoms with Crippen LogP contribution >= 0.6 is 0 Å². The van der Waals surface area contributed by atoms with Gasteiger partial charge in [0.25, 0.3) is 0 Å². The van der Waals surface area contributed by atoms with Crippen LogP contribution in [0.3, 0.4) is 0 Å². The highest BCUT2D eigenvalue weighted by Crippen LogP contribution is 1.78. The lowest BCUT2D eigenvalue weighted by Crippen LogP contribution is -1.99. The topological polar surface area (TPSA) is 121 Å². The van der Waals surface area contributed by atoms with E-state index in [-0.39, 0.29) is 0 Å². The summed E-state index contributed by atoms with van der Waals surface area (Å²) in [6, 6.07) is 0. The highest BCUT2D eigenvalue weighted by molar-refractivity contribution is 4.22. The maximum atomic E-state index is 7.92. The summed E-state index contributed by atoms with van der Waals surface area (Å²) in [5.41, 5.74) is 0. The summed E-state index contributed by atoms with van der Waals surface area (Å²) >= 11 is 0. The predicted octanol–water partition coefficient (Wildman–Crippen LogP) is -0.879. The van der Waals surface area contributed by atoms with Crippen LogP contribution in [0.25, 0.3) is 0 Å². The molecule has 15 heavy (non-hydrogen) atoms. The molecule has 96 valence electrons. The minimum Gasteiger partial charge on any atom is -0.368 e.